The van der Waals surface area contributed by atoms with Crippen LogP contribution >= 0.6 is 0 Å². The second-order valence-electron chi connectivity index (χ2n) is 7.72. The van der Waals surface area contributed by atoms with Crippen molar-refractivity contribution >= 4 is 29.1 Å². The van der Waals surface area contributed by atoms with Gasteiger partial charge < -0.3 is 5.32 Å². The van der Waals surface area contributed by atoms with Gasteiger partial charge in [0, 0.05) is 34.7 Å². The van der Waals surface area contributed by atoms with E-state index in [9.17, 15) is 4.39 Å². The lowest BCUT2D eigenvalue weighted by Gasteiger charge is -2.13. The Kier molecular flexibility index (Phi) is 7.14. The fraction of sp³-hybridized carbons (Fsp3) is 0.185. The normalized spacial score (nSPS) is 17.5. The van der Waals surface area contributed by atoms with E-state index in [0.29, 0.717) is 29.0 Å². The maximum absolute atomic E-state index is 13.4. The minimum atomic E-state index is -0.887. The Morgan fingerprint density at radius 2 is 1.94 bits per heavy atom. The summed E-state index contributed by atoms with van der Waals surface area (Å²) in [5.41, 5.74) is 8.89. The Labute approximate surface area is 188 Å². The first-order valence-corrected chi connectivity index (χ1v) is 10.3. The summed E-state index contributed by atoms with van der Waals surface area (Å²) >= 11 is 0. The molecule has 2 N–H and O–H groups in total. The third kappa shape index (κ3) is 5.45. The Morgan fingerprint density at radius 3 is 2.56 bits per heavy atom. The average Bonchev–Trinajstić information content (AvgIpc) is 3.52. The van der Waals surface area contributed by atoms with Gasteiger partial charge in [-0.15, -0.1) is 5.73 Å². The van der Waals surface area contributed by atoms with Crippen LogP contribution in [0.3, 0.4) is 0 Å². The lowest BCUT2D eigenvalue weighted by Crippen LogP contribution is -2.07. The summed E-state index contributed by atoms with van der Waals surface area (Å²) in [7, 11) is 0. The van der Waals surface area contributed by atoms with E-state index in [-0.39, 0.29) is 11.8 Å². The van der Waals surface area contributed by atoms with E-state index in [2.05, 4.69) is 40.8 Å². The van der Waals surface area contributed by atoms with Gasteiger partial charge in [0.2, 0.25) is 0 Å². The first-order chi connectivity index (χ1) is 15.3. The van der Waals surface area contributed by atoms with Gasteiger partial charge in [-0.3, -0.25) is 10.4 Å². The number of amidine groups is 1. The Morgan fingerprint density at radius 1 is 1.22 bits per heavy atom. The molecule has 0 aliphatic heterocycles. The van der Waals surface area contributed by atoms with Crippen molar-refractivity contribution in [2.75, 3.05) is 5.32 Å². The number of aliphatic imine (C=N–C) groups is 2. The fourth-order valence-corrected chi connectivity index (χ4v) is 3.14. The number of hydrogen-bond donors (Lipinski definition) is 2. The summed E-state index contributed by atoms with van der Waals surface area (Å²) in [5, 5.41) is 11.6. The predicted octanol–water partition coefficient (Wildman–Crippen LogP) is 6.65. The molecule has 0 spiro atoms. The van der Waals surface area contributed by atoms with Gasteiger partial charge in [-0.1, -0.05) is 50.1 Å². The van der Waals surface area contributed by atoms with Crippen molar-refractivity contribution in [1.29, 1.82) is 5.41 Å². The maximum Gasteiger partial charge on any atom is 0.152 e. The van der Waals surface area contributed by atoms with Crippen LogP contribution in [-0.2, 0) is 0 Å². The molecule has 1 saturated carbocycles. The molecular formula is C27H27FN4. The summed E-state index contributed by atoms with van der Waals surface area (Å²) in [6.45, 7) is 15.5. The molecular weight excluding hydrogens is 399 g/mol. The highest BCUT2D eigenvalue weighted by atomic mass is 19.1. The van der Waals surface area contributed by atoms with Gasteiger partial charge in [-0.05, 0) is 49.6 Å². The van der Waals surface area contributed by atoms with Gasteiger partial charge in [-0.2, -0.15) is 0 Å². The van der Waals surface area contributed by atoms with Crippen LogP contribution in [0.2, 0.25) is 0 Å². The number of hydrogen-bond acceptors (Lipinski definition) is 3. The number of allylic oxidation sites excluding steroid dienone is 2. The number of anilines is 1. The number of benzene rings is 2. The van der Waals surface area contributed by atoms with Crippen LogP contribution in [0.1, 0.15) is 23.1 Å². The predicted molar refractivity (Wildman–Crippen MR) is 133 cm³/mol. The molecule has 0 radical (unpaired) electrons. The van der Waals surface area contributed by atoms with Crippen LogP contribution in [0, 0.1) is 25.2 Å². The molecule has 0 bridgehead atoms. The monoisotopic (exact) mass is 426 g/mol. The van der Waals surface area contributed by atoms with Crippen molar-refractivity contribution in [2.24, 2.45) is 15.9 Å². The highest BCUT2D eigenvalue weighted by Crippen LogP contribution is 2.35. The second-order valence-corrected chi connectivity index (χ2v) is 7.72. The summed E-state index contributed by atoms with van der Waals surface area (Å²) in [4.78, 5) is 8.80. The number of alkyl halides is 1. The molecule has 0 unspecified atom stereocenters. The minimum Gasteiger partial charge on any atom is -0.348 e. The summed E-state index contributed by atoms with van der Waals surface area (Å²) in [6, 6.07) is 13.4. The van der Waals surface area contributed by atoms with Gasteiger partial charge in [0.25, 0.3) is 0 Å². The molecule has 2 atom stereocenters. The topological polar surface area (TPSA) is 60.6 Å². The summed E-state index contributed by atoms with van der Waals surface area (Å²) in [6.07, 6.45) is 2.76. The summed E-state index contributed by atoms with van der Waals surface area (Å²) in [5.74, 6) is -0.187. The molecule has 2 aromatic rings. The van der Waals surface area contributed by atoms with Crippen molar-refractivity contribution in [3.63, 3.8) is 0 Å². The minimum absolute atomic E-state index is 0.0612. The average molecular weight is 427 g/mol. The lowest BCUT2D eigenvalue weighted by molar-refractivity contribution is 0.468. The number of aryl methyl sites for hydroxylation is 2. The SMILES string of the molecule is C=C=C(Nc1cc(C(=N)N=C(C=C)[C@H]2C[C@@H]2F)ccc1C)C(=C)C=Nc1ccccc1C. The molecule has 32 heavy (non-hydrogen) atoms. The number of para-hydroxylation sites is 1. The van der Waals surface area contributed by atoms with Crippen molar-refractivity contribution in [2.45, 2.75) is 26.4 Å². The van der Waals surface area contributed by atoms with Crippen LogP contribution in [0.4, 0.5) is 15.8 Å². The number of rotatable bonds is 8. The van der Waals surface area contributed by atoms with Crippen molar-refractivity contribution in [3.05, 3.63) is 102 Å². The third-order valence-electron chi connectivity index (χ3n) is 5.29. The highest BCUT2D eigenvalue weighted by molar-refractivity contribution is 6.10. The smallest absolute Gasteiger partial charge is 0.152 e. The maximum atomic E-state index is 13.4. The van der Waals surface area contributed by atoms with Crippen molar-refractivity contribution in [1.82, 2.24) is 0 Å². The molecule has 1 aliphatic rings. The Balaban J connectivity index is 1.78. The molecule has 0 amide bonds. The molecule has 3 rings (SSSR count). The van der Waals surface area contributed by atoms with Crippen molar-refractivity contribution in [3.8, 4) is 0 Å². The van der Waals surface area contributed by atoms with E-state index in [1.54, 1.807) is 6.21 Å². The Bertz CT molecular complexity index is 1180. The molecule has 0 saturated heterocycles. The van der Waals surface area contributed by atoms with Gasteiger partial charge in [0.05, 0.1) is 11.4 Å². The van der Waals surface area contributed by atoms with Crippen LogP contribution in [0.5, 0.6) is 0 Å². The van der Waals surface area contributed by atoms with E-state index in [1.807, 2.05) is 56.3 Å². The second kappa shape index (κ2) is 9.99. The number of nitrogens with zero attached hydrogens (tertiary/aromatic N) is 2. The fourth-order valence-electron chi connectivity index (χ4n) is 3.14. The number of nitrogens with one attached hydrogen (secondary N) is 2. The molecule has 162 valence electrons. The zero-order valence-corrected chi connectivity index (χ0v) is 18.5. The first-order valence-electron chi connectivity index (χ1n) is 10.3. The molecule has 4 nitrogen and oxygen atoms in total. The zero-order chi connectivity index (χ0) is 23.3. The van der Waals surface area contributed by atoms with E-state index in [4.69, 9.17) is 5.41 Å². The van der Waals surface area contributed by atoms with Crippen LogP contribution < -0.4 is 5.32 Å². The molecule has 2 aromatic carbocycles. The van der Waals surface area contributed by atoms with Gasteiger partial charge in [-0.25, -0.2) is 9.38 Å². The zero-order valence-electron chi connectivity index (χ0n) is 18.5. The molecule has 1 aliphatic carbocycles. The van der Waals surface area contributed by atoms with Crippen LogP contribution in [-0.4, -0.2) is 23.9 Å². The standard InChI is InChI=1S/C27H27FN4/c1-6-23(19(5)16-30-25-11-9-8-10-17(25)3)31-26-14-20(13-12-18(26)4)27(29)32-24(7-2)21-15-22(21)28/h7-14,16,21-22,29,31H,1-2,5,15H2,3-4H3/t21-,22-/m0/s1. The van der Waals surface area contributed by atoms with E-state index >= 15 is 0 Å². The van der Waals surface area contributed by atoms with Crippen LogP contribution in [0.25, 0.3) is 0 Å². The first kappa shape index (κ1) is 22.9. The van der Waals surface area contributed by atoms with Gasteiger partial charge >= 0.3 is 0 Å². The molecule has 1 fully saturated rings. The largest absolute Gasteiger partial charge is 0.348 e. The molecule has 5 heteroatoms. The van der Waals surface area contributed by atoms with E-state index < -0.39 is 6.17 Å². The molecule has 0 aromatic heterocycles. The lowest BCUT2D eigenvalue weighted by atomic mass is 10.1. The molecule has 0 heterocycles. The van der Waals surface area contributed by atoms with Crippen molar-refractivity contribution < 1.29 is 4.39 Å². The van der Waals surface area contributed by atoms with E-state index in [1.165, 1.54) is 6.08 Å². The highest BCUT2D eigenvalue weighted by Gasteiger charge is 2.40. The Hall–Kier alpha value is -3.82. The third-order valence-corrected chi connectivity index (χ3v) is 5.29. The number of halogens is 1. The quantitative estimate of drug-likeness (QED) is 0.211. The van der Waals surface area contributed by atoms with E-state index in [0.717, 1.165) is 22.5 Å². The van der Waals surface area contributed by atoms with Gasteiger partial charge in [0.1, 0.15) is 6.17 Å². The van der Waals surface area contributed by atoms with Gasteiger partial charge in [0.15, 0.2) is 5.84 Å². The van der Waals surface area contributed by atoms with Crippen LogP contribution in [0.15, 0.2) is 95.3 Å². The summed E-state index contributed by atoms with van der Waals surface area (Å²) < 4.78 is 13.4.